The van der Waals surface area contributed by atoms with Crippen LogP contribution < -0.4 is 4.74 Å². The molecule has 1 aliphatic rings. The van der Waals surface area contributed by atoms with Crippen molar-refractivity contribution in [2.75, 3.05) is 0 Å². The molecule has 0 aromatic heterocycles. The average molecular weight is 467 g/mol. The van der Waals surface area contributed by atoms with Crippen LogP contribution in [0.2, 0.25) is 0 Å². The van der Waals surface area contributed by atoms with Gasteiger partial charge in [0.2, 0.25) is 0 Å². The second-order valence-corrected chi connectivity index (χ2v) is 11.5. The van der Waals surface area contributed by atoms with Gasteiger partial charge in [-0.25, -0.2) is 0 Å². The molecule has 0 amide bonds. The van der Waals surface area contributed by atoms with Gasteiger partial charge in [-0.1, -0.05) is 78.1 Å². The lowest BCUT2D eigenvalue weighted by Crippen LogP contribution is -2.26. The van der Waals surface area contributed by atoms with Gasteiger partial charge in [0.05, 0.1) is 6.10 Å². The maximum Gasteiger partial charge on any atom is 0.197 e. The molecule has 3 unspecified atom stereocenters. The van der Waals surface area contributed by atoms with Gasteiger partial charge in [-0.2, -0.15) is 0 Å². The van der Waals surface area contributed by atoms with Crippen LogP contribution in [-0.2, 0) is 4.74 Å². The van der Waals surface area contributed by atoms with Crippen molar-refractivity contribution in [3.8, 4) is 11.5 Å². The van der Waals surface area contributed by atoms with Gasteiger partial charge in [-0.15, -0.1) is 0 Å². The Morgan fingerprint density at radius 3 is 2.03 bits per heavy atom. The van der Waals surface area contributed by atoms with Gasteiger partial charge in [0.25, 0.3) is 0 Å². The quantitative estimate of drug-likeness (QED) is 0.336. The summed E-state index contributed by atoms with van der Waals surface area (Å²) in [7, 11) is 0. The molecule has 0 spiro atoms. The van der Waals surface area contributed by atoms with Crippen molar-refractivity contribution in [1.29, 1.82) is 0 Å². The van der Waals surface area contributed by atoms with E-state index in [1.54, 1.807) is 0 Å². The summed E-state index contributed by atoms with van der Waals surface area (Å²) in [6.45, 7) is 13.7. The Kier molecular flexibility index (Phi) is 9.47. The monoisotopic (exact) mass is 466 g/mol. The van der Waals surface area contributed by atoms with Crippen LogP contribution in [0, 0.1) is 11.3 Å². The third kappa shape index (κ3) is 7.77. The molecule has 0 aliphatic heterocycles. The first-order valence-electron chi connectivity index (χ1n) is 13.3. The Balaban J connectivity index is 1.62. The van der Waals surface area contributed by atoms with Gasteiger partial charge in [0, 0.05) is 0 Å². The average Bonchev–Trinajstić information content (AvgIpc) is 2.79. The van der Waals surface area contributed by atoms with Gasteiger partial charge in [0.15, 0.2) is 6.29 Å². The zero-order valence-electron chi connectivity index (χ0n) is 22.2. The fourth-order valence-corrected chi connectivity index (χ4v) is 5.70. The van der Waals surface area contributed by atoms with Gasteiger partial charge >= 0.3 is 0 Å². The molecule has 2 aromatic carbocycles. The molecule has 0 radical (unpaired) electrons. The molecule has 2 aromatic rings. The van der Waals surface area contributed by atoms with Gasteiger partial charge in [-0.3, -0.25) is 0 Å². The van der Waals surface area contributed by atoms with Gasteiger partial charge < -0.3 is 14.6 Å². The summed E-state index contributed by atoms with van der Waals surface area (Å²) >= 11 is 0. The van der Waals surface area contributed by atoms with Crippen LogP contribution in [-0.4, -0.2) is 17.5 Å². The Hall–Kier alpha value is -2.00. The minimum Gasteiger partial charge on any atom is -0.508 e. The fraction of sp³-hybridized carbons (Fsp3) is 0.613. The smallest absolute Gasteiger partial charge is 0.197 e. The topological polar surface area (TPSA) is 38.7 Å². The Morgan fingerprint density at radius 2 is 1.44 bits per heavy atom. The maximum atomic E-state index is 9.76. The van der Waals surface area contributed by atoms with E-state index >= 15 is 0 Å². The van der Waals surface area contributed by atoms with Crippen LogP contribution in [0.1, 0.15) is 109 Å². The Bertz CT molecular complexity index is 847. The maximum absolute atomic E-state index is 9.76. The zero-order chi connectivity index (χ0) is 24.7. The highest BCUT2D eigenvalue weighted by molar-refractivity contribution is 5.31. The highest BCUT2D eigenvalue weighted by Crippen LogP contribution is 2.46. The predicted octanol–water partition coefficient (Wildman–Crippen LogP) is 8.82. The van der Waals surface area contributed by atoms with Crippen LogP contribution in [0.3, 0.4) is 0 Å². The van der Waals surface area contributed by atoms with Crippen LogP contribution in [0.4, 0.5) is 0 Å². The van der Waals surface area contributed by atoms with E-state index in [1.165, 1.54) is 30.4 Å². The van der Waals surface area contributed by atoms with Crippen molar-refractivity contribution >= 4 is 0 Å². The van der Waals surface area contributed by atoms with Crippen molar-refractivity contribution in [2.24, 2.45) is 11.3 Å². The minimum absolute atomic E-state index is 0.123. The summed E-state index contributed by atoms with van der Waals surface area (Å²) in [6, 6.07) is 16.4. The summed E-state index contributed by atoms with van der Waals surface area (Å²) in [6.07, 6.45) is 8.53. The molecule has 0 saturated heterocycles. The van der Waals surface area contributed by atoms with E-state index in [4.69, 9.17) is 9.47 Å². The number of rotatable bonds is 11. The summed E-state index contributed by atoms with van der Waals surface area (Å²) in [5.41, 5.74) is 2.78. The highest BCUT2D eigenvalue weighted by atomic mass is 16.7. The first kappa shape index (κ1) is 26.6. The molecule has 3 rings (SSSR count). The zero-order valence-corrected chi connectivity index (χ0v) is 22.2. The minimum atomic E-state index is -0.215. The number of aromatic hydroxyl groups is 1. The van der Waals surface area contributed by atoms with E-state index in [-0.39, 0.29) is 11.7 Å². The number of benzene rings is 2. The van der Waals surface area contributed by atoms with Crippen molar-refractivity contribution in [3.05, 3.63) is 59.7 Å². The highest BCUT2D eigenvalue weighted by Gasteiger charge is 2.33. The molecule has 3 heteroatoms. The summed E-state index contributed by atoms with van der Waals surface area (Å²) in [5.74, 6) is 2.70. The second-order valence-electron chi connectivity index (χ2n) is 11.5. The number of phenols is 1. The summed E-state index contributed by atoms with van der Waals surface area (Å²) < 4.78 is 12.2. The largest absolute Gasteiger partial charge is 0.508 e. The SMILES string of the molecule is CC(C)CC(c1ccc(O)cc1)C(C)(C)CC(C)c1ccc(OC(C)OC2CCCCC2)cc1. The van der Waals surface area contributed by atoms with Gasteiger partial charge in [0.1, 0.15) is 11.5 Å². The molecule has 3 nitrogen and oxygen atoms in total. The third-order valence-electron chi connectivity index (χ3n) is 7.47. The third-order valence-corrected chi connectivity index (χ3v) is 7.47. The number of ether oxygens (including phenoxy) is 2. The van der Waals surface area contributed by atoms with E-state index in [2.05, 4.69) is 71.0 Å². The van der Waals surface area contributed by atoms with Crippen molar-refractivity contribution in [3.63, 3.8) is 0 Å². The van der Waals surface area contributed by atoms with E-state index in [0.29, 0.717) is 29.6 Å². The number of phenolic OH excluding ortho intramolecular Hbond substituents is 1. The molecule has 0 bridgehead atoms. The molecule has 0 heterocycles. The predicted molar refractivity (Wildman–Crippen MR) is 142 cm³/mol. The van der Waals surface area contributed by atoms with Crippen LogP contribution in [0.5, 0.6) is 11.5 Å². The van der Waals surface area contributed by atoms with Crippen molar-refractivity contribution in [1.82, 2.24) is 0 Å². The molecule has 188 valence electrons. The molecule has 34 heavy (non-hydrogen) atoms. The van der Waals surface area contributed by atoms with E-state index < -0.39 is 0 Å². The van der Waals surface area contributed by atoms with E-state index in [0.717, 1.165) is 31.4 Å². The molecule has 1 saturated carbocycles. The summed E-state index contributed by atoms with van der Waals surface area (Å²) in [4.78, 5) is 0. The molecule has 1 N–H and O–H groups in total. The molecule has 1 aliphatic carbocycles. The Morgan fingerprint density at radius 1 is 0.853 bits per heavy atom. The number of hydrogen-bond donors (Lipinski definition) is 1. The molecular formula is C31H46O3. The lowest BCUT2D eigenvalue weighted by molar-refractivity contribution is -0.116. The molecule has 1 fully saturated rings. The number of hydrogen-bond acceptors (Lipinski definition) is 3. The molecular weight excluding hydrogens is 420 g/mol. The Labute approximate surface area is 207 Å². The second kappa shape index (κ2) is 12.1. The van der Waals surface area contributed by atoms with E-state index in [1.807, 2.05) is 19.1 Å². The lowest BCUT2D eigenvalue weighted by atomic mass is 9.66. The summed E-state index contributed by atoms with van der Waals surface area (Å²) in [5, 5.41) is 9.76. The van der Waals surface area contributed by atoms with Crippen LogP contribution >= 0.6 is 0 Å². The van der Waals surface area contributed by atoms with Crippen LogP contribution in [0.25, 0.3) is 0 Å². The van der Waals surface area contributed by atoms with Gasteiger partial charge in [-0.05, 0) is 91.2 Å². The first-order valence-corrected chi connectivity index (χ1v) is 13.3. The van der Waals surface area contributed by atoms with Crippen molar-refractivity contribution < 1.29 is 14.6 Å². The van der Waals surface area contributed by atoms with Crippen LogP contribution in [0.15, 0.2) is 48.5 Å². The standard InChI is InChI=1S/C31H46O3/c1-22(2)20-30(26-12-16-27(32)17-13-26)31(5,6)21-23(3)25-14-18-29(19-15-25)34-24(4)33-28-10-8-7-9-11-28/h12-19,22-24,28,30,32H,7-11,20-21H2,1-6H3. The lowest BCUT2D eigenvalue weighted by Gasteiger charge is -2.38. The normalized spacial score (nSPS) is 18.0. The molecule has 3 atom stereocenters. The fourth-order valence-electron chi connectivity index (χ4n) is 5.70. The first-order chi connectivity index (χ1) is 16.1. The van der Waals surface area contributed by atoms with Crippen molar-refractivity contribution in [2.45, 2.75) is 111 Å². The van der Waals surface area contributed by atoms with E-state index in [9.17, 15) is 5.11 Å².